The SMILES string of the molecule is COC1/C=C/OC2(C)Oc3c(C)c(O)c4c(O)c(c(N5CCC(C(C)(C)C)CC5)c(O)c4c3C2=O)NC(=O)/C(C)=C\C=C\C(C)C(O)C(C)C(O)C(C)C(OC(C)=O)C1C. The summed E-state index contributed by atoms with van der Waals surface area (Å²) in [4.78, 5) is 42.7. The highest BCUT2D eigenvalue weighted by Crippen LogP contribution is 2.58. The minimum Gasteiger partial charge on any atom is -0.507 e. The third kappa shape index (κ3) is 8.69. The first-order valence-corrected chi connectivity index (χ1v) is 20.8. The summed E-state index contributed by atoms with van der Waals surface area (Å²) < 4.78 is 23.8. The number of hydrogen-bond donors (Lipinski definition) is 6. The molecule has 6 rings (SSSR count). The summed E-state index contributed by atoms with van der Waals surface area (Å²) in [6.45, 7) is 20.1. The summed E-state index contributed by atoms with van der Waals surface area (Å²) in [7, 11) is 1.45. The third-order valence-corrected chi connectivity index (χ3v) is 13.0. The molecule has 4 aliphatic heterocycles. The number of nitrogens with zero attached hydrogens (tertiary/aromatic N) is 1. The zero-order valence-electron chi connectivity index (χ0n) is 37.0. The molecule has 1 saturated heterocycles. The van der Waals surface area contributed by atoms with Gasteiger partial charge in [-0.15, -0.1) is 0 Å². The van der Waals surface area contributed by atoms with Gasteiger partial charge in [0, 0.05) is 74.2 Å². The molecule has 9 atom stereocenters. The second-order valence-electron chi connectivity index (χ2n) is 18.2. The van der Waals surface area contributed by atoms with E-state index in [-0.39, 0.29) is 50.0 Å². The topological polar surface area (TPSA) is 205 Å². The van der Waals surface area contributed by atoms with Crippen LogP contribution < -0.4 is 15.0 Å². The molecule has 9 unspecified atom stereocenters. The molecule has 2 aromatic rings. The molecule has 0 saturated carbocycles. The van der Waals surface area contributed by atoms with Crippen molar-refractivity contribution in [3.8, 4) is 23.0 Å². The molecule has 6 N–H and O–H groups in total. The standard InChI is InChI=1S/C46H64N2O12/c1-22-14-13-15-23(2)44(56)47-34-35(48-19-16-29(17-20-48)45(8,9)10)40(54)31-32(39(34)53)38(52)27(6)42-33(31)43(55)46(11,60-42)58-21-18-30(57-12)24(3)41(59-28(7)49)26(5)37(51)25(4)36(22)50/h13-15,18,21-22,24-26,29-30,36-37,41,50-54H,16-17,19-20H2,1-12H3,(H,47,56)/b14-13+,21-18+,23-15-. The number of aromatic hydroxyl groups is 3. The fraction of sp³-hybridized carbons (Fsp3) is 0.587. The van der Waals surface area contributed by atoms with Gasteiger partial charge >= 0.3 is 11.8 Å². The zero-order chi connectivity index (χ0) is 44.8. The summed E-state index contributed by atoms with van der Waals surface area (Å²) in [5.74, 6) is -7.52. The Labute approximate surface area is 352 Å². The second-order valence-corrected chi connectivity index (χ2v) is 18.2. The molecule has 4 heterocycles. The molecule has 2 aromatic carbocycles. The van der Waals surface area contributed by atoms with Crippen molar-refractivity contribution in [3.63, 3.8) is 0 Å². The molecule has 5 bridgehead atoms. The normalized spacial score (nSPS) is 31.9. The number of carbonyl (C=O) groups is 3. The van der Waals surface area contributed by atoms with Crippen LogP contribution in [0.1, 0.15) is 98.0 Å². The molecule has 4 aliphatic rings. The molecule has 0 aliphatic carbocycles. The van der Waals surface area contributed by atoms with E-state index in [0.29, 0.717) is 19.0 Å². The summed E-state index contributed by atoms with van der Waals surface area (Å²) in [5.41, 5.74) is 0.147. The molecule has 0 radical (unpaired) electrons. The minimum atomic E-state index is -2.02. The van der Waals surface area contributed by atoms with Crippen LogP contribution in [0.3, 0.4) is 0 Å². The van der Waals surface area contributed by atoms with Crippen LogP contribution in [0.15, 0.2) is 36.1 Å². The average Bonchev–Trinajstić information content (AvgIpc) is 3.46. The quantitative estimate of drug-likeness (QED) is 0.105. The Morgan fingerprint density at radius 2 is 1.55 bits per heavy atom. The Hall–Kier alpha value is -4.79. The van der Waals surface area contributed by atoms with Gasteiger partial charge in [0.2, 0.25) is 0 Å². The number of aliphatic hydroxyl groups is 2. The average molecular weight is 837 g/mol. The van der Waals surface area contributed by atoms with Gasteiger partial charge in [-0.05, 0) is 44.1 Å². The first-order chi connectivity index (χ1) is 28.0. The molecule has 14 heteroatoms. The number of ketones is 1. The zero-order valence-corrected chi connectivity index (χ0v) is 37.0. The van der Waals surface area contributed by atoms with E-state index < -0.39 is 88.8 Å². The number of carbonyl (C=O) groups excluding carboxylic acids is 3. The van der Waals surface area contributed by atoms with Gasteiger partial charge in [-0.3, -0.25) is 14.4 Å². The Bertz CT molecular complexity index is 2080. The van der Waals surface area contributed by atoms with E-state index >= 15 is 0 Å². The molecule has 1 amide bonds. The number of hydrogen-bond acceptors (Lipinski definition) is 13. The number of Topliss-reactive ketones (excluding diaryl/α,β-unsaturated/α-hetero) is 1. The number of phenolic OH excluding ortho intramolecular Hbond substituents is 3. The lowest BCUT2D eigenvalue weighted by Crippen LogP contribution is -2.46. The van der Waals surface area contributed by atoms with Crippen molar-refractivity contribution in [3.05, 3.63) is 47.3 Å². The monoisotopic (exact) mass is 836 g/mol. The minimum absolute atomic E-state index is 0.0189. The number of esters is 1. The Kier molecular flexibility index (Phi) is 13.6. The molecule has 0 aromatic heterocycles. The van der Waals surface area contributed by atoms with Crippen molar-refractivity contribution in [1.29, 1.82) is 0 Å². The van der Waals surface area contributed by atoms with Gasteiger partial charge in [-0.25, -0.2) is 0 Å². The van der Waals surface area contributed by atoms with Crippen molar-refractivity contribution in [2.45, 2.75) is 119 Å². The Morgan fingerprint density at radius 3 is 2.13 bits per heavy atom. The predicted octanol–water partition coefficient (Wildman–Crippen LogP) is 7.02. The fourth-order valence-electron chi connectivity index (χ4n) is 8.98. The Morgan fingerprint density at radius 1 is 0.917 bits per heavy atom. The van der Waals surface area contributed by atoms with Crippen LogP contribution in [-0.2, 0) is 23.8 Å². The van der Waals surface area contributed by atoms with Gasteiger partial charge in [0.15, 0.2) is 5.75 Å². The maximum atomic E-state index is 14.6. The van der Waals surface area contributed by atoms with Crippen LogP contribution in [-0.4, -0.2) is 93.6 Å². The maximum absolute atomic E-state index is 14.6. The molecule has 14 nitrogen and oxygen atoms in total. The van der Waals surface area contributed by atoms with Gasteiger partial charge in [-0.1, -0.05) is 66.7 Å². The fourth-order valence-corrected chi connectivity index (χ4v) is 8.98. The number of fused-ring (bicyclic) bond motifs is 14. The van der Waals surface area contributed by atoms with E-state index in [2.05, 4.69) is 26.1 Å². The van der Waals surface area contributed by atoms with E-state index in [1.54, 1.807) is 46.8 Å². The van der Waals surface area contributed by atoms with Crippen LogP contribution in [0, 0.1) is 41.9 Å². The number of piperidine rings is 1. The van der Waals surface area contributed by atoms with Gasteiger partial charge < -0.3 is 54.7 Å². The lowest BCUT2D eigenvalue weighted by atomic mass is 9.75. The van der Waals surface area contributed by atoms with E-state index in [1.165, 1.54) is 46.3 Å². The van der Waals surface area contributed by atoms with E-state index in [4.69, 9.17) is 18.9 Å². The van der Waals surface area contributed by atoms with Crippen molar-refractivity contribution in [2.75, 3.05) is 30.4 Å². The summed E-state index contributed by atoms with van der Waals surface area (Å²) in [5, 5.41) is 61.4. The number of rotatable bonds is 3. The van der Waals surface area contributed by atoms with Crippen LogP contribution in [0.2, 0.25) is 0 Å². The number of ether oxygens (including phenoxy) is 4. The number of phenols is 3. The number of allylic oxidation sites excluding steroid dienone is 2. The molecule has 1 fully saturated rings. The predicted molar refractivity (Wildman–Crippen MR) is 228 cm³/mol. The smallest absolute Gasteiger partial charge is 0.312 e. The first kappa shape index (κ1) is 46.3. The molecule has 330 valence electrons. The van der Waals surface area contributed by atoms with Crippen LogP contribution >= 0.6 is 0 Å². The summed E-state index contributed by atoms with van der Waals surface area (Å²) in [6, 6.07) is 0. The number of anilines is 2. The van der Waals surface area contributed by atoms with Crippen molar-refractivity contribution in [2.24, 2.45) is 35.0 Å². The number of nitrogens with one attached hydrogen (secondary N) is 1. The Balaban J connectivity index is 1.72. The lowest BCUT2D eigenvalue weighted by Gasteiger charge is -2.40. The number of methoxy groups -OCH3 is 1. The van der Waals surface area contributed by atoms with Gasteiger partial charge in [0.05, 0.1) is 35.5 Å². The summed E-state index contributed by atoms with van der Waals surface area (Å²) in [6.07, 6.45) is 5.25. The van der Waals surface area contributed by atoms with Gasteiger partial charge in [-0.2, -0.15) is 0 Å². The van der Waals surface area contributed by atoms with Gasteiger partial charge in [0.1, 0.15) is 34.7 Å². The molecular formula is C46H64N2O12. The second kappa shape index (κ2) is 17.7. The van der Waals surface area contributed by atoms with Crippen LogP contribution in [0.4, 0.5) is 11.4 Å². The molecule has 60 heavy (non-hydrogen) atoms. The van der Waals surface area contributed by atoms with Crippen LogP contribution in [0.25, 0.3) is 10.8 Å². The number of amides is 1. The highest BCUT2D eigenvalue weighted by Gasteiger charge is 2.50. The molecular weight excluding hydrogens is 773 g/mol. The number of benzene rings is 2. The highest BCUT2D eigenvalue weighted by atomic mass is 16.7. The highest BCUT2D eigenvalue weighted by molar-refractivity contribution is 6.23. The molecule has 0 spiro atoms. The third-order valence-electron chi connectivity index (χ3n) is 13.0. The van der Waals surface area contributed by atoms with E-state index in [1.807, 2.05) is 4.90 Å². The largest absolute Gasteiger partial charge is 0.507 e. The van der Waals surface area contributed by atoms with E-state index in [0.717, 1.165) is 12.8 Å². The van der Waals surface area contributed by atoms with Crippen molar-refractivity contribution in [1.82, 2.24) is 0 Å². The number of aliphatic hydroxyl groups excluding tert-OH is 2. The van der Waals surface area contributed by atoms with E-state index in [9.17, 15) is 39.9 Å². The first-order valence-electron chi connectivity index (χ1n) is 20.8. The van der Waals surface area contributed by atoms with Gasteiger partial charge in [0.25, 0.3) is 11.7 Å². The van der Waals surface area contributed by atoms with Crippen LogP contribution in [0.5, 0.6) is 23.0 Å². The van der Waals surface area contributed by atoms with Crippen molar-refractivity contribution >= 4 is 39.8 Å². The lowest BCUT2D eigenvalue weighted by molar-refractivity contribution is -0.160. The summed E-state index contributed by atoms with van der Waals surface area (Å²) >= 11 is 0. The maximum Gasteiger partial charge on any atom is 0.312 e. The van der Waals surface area contributed by atoms with Crippen molar-refractivity contribution < 1.29 is 58.9 Å².